The fourth-order valence-electron chi connectivity index (χ4n) is 12.2. The van der Waals surface area contributed by atoms with Crippen molar-refractivity contribution in [2.75, 3.05) is 26.3 Å². The summed E-state index contributed by atoms with van der Waals surface area (Å²) in [5.74, 6) is -0.287. The summed E-state index contributed by atoms with van der Waals surface area (Å²) in [6.45, 7) is 14.1. The standard InChI is InChI=1S/C56H80N6O7/c1-55(2,3)68-53(65)59-49(37-19-9-7-10-20-37)51(63)48(45-26-17-30-57-45)43-36-61(46-27-16-14-24-40(43)46)32-34-67-33-29-41(42-35-58-44-25-15-13-23-39(42)44)47-28-18-31-62(47)52(64)50(38-21-11-8-12-22-38)60-54(66)69-56(4,5)6/h13-16,23-25,27,35-38,41,45,47-50,57-58H,7-12,17-22,26,28-34H2,1-6H3,(H,59,65)(H,60,66). The molecule has 0 spiro atoms. The van der Waals surface area contributed by atoms with Crippen molar-refractivity contribution in [3.63, 3.8) is 0 Å². The highest BCUT2D eigenvalue weighted by Crippen LogP contribution is 2.40. The fourth-order valence-corrected chi connectivity index (χ4v) is 12.2. The molecular formula is C56H80N6O7. The van der Waals surface area contributed by atoms with E-state index in [0.29, 0.717) is 32.7 Å². The molecule has 2 aromatic heterocycles. The van der Waals surface area contributed by atoms with Crippen LogP contribution in [-0.4, -0.2) is 100 Å². The first kappa shape index (κ1) is 50.5. The molecule has 2 aromatic carbocycles. The third kappa shape index (κ3) is 12.5. The summed E-state index contributed by atoms with van der Waals surface area (Å²) in [5.41, 5.74) is 2.92. The minimum Gasteiger partial charge on any atom is -0.444 e. The van der Waals surface area contributed by atoms with Crippen LogP contribution < -0.4 is 16.0 Å². The van der Waals surface area contributed by atoms with Crippen LogP contribution >= 0.6 is 0 Å². The smallest absolute Gasteiger partial charge is 0.408 e. The van der Waals surface area contributed by atoms with Gasteiger partial charge in [-0.2, -0.15) is 0 Å². The molecule has 2 saturated heterocycles. The lowest BCUT2D eigenvalue weighted by molar-refractivity contribution is -0.136. The van der Waals surface area contributed by atoms with Crippen LogP contribution in [0.15, 0.2) is 60.9 Å². The Hall–Kier alpha value is -4.88. The number of hydrogen-bond acceptors (Lipinski definition) is 8. The molecule has 4 heterocycles. The van der Waals surface area contributed by atoms with Crippen molar-refractivity contribution in [3.8, 4) is 0 Å². The molecule has 6 unspecified atom stereocenters. The van der Waals surface area contributed by atoms with E-state index in [-0.39, 0.29) is 41.5 Å². The number of carbonyl (C=O) groups is 4. The number of para-hydroxylation sites is 2. The highest BCUT2D eigenvalue weighted by Gasteiger charge is 2.44. The summed E-state index contributed by atoms with van der Waals surface area (Å²) in [5, 5.41) is 12.0. The first-order valence-corrected chi connectivity index (χ1v) is 26.4. The monoisotopic (exact) mass is 949 g/mol. The number of alkyl carbamates (subject to hydrolysis) is 2. The molecule has 2 aliphatic heterocycles. The summed E-state index contributed by atoms with van der Waals surface area (Å²) in [6, 6.07) is 15.3. The van der Waals surface area contributed by atoms with E-state index in [9.17, 15) is 14.4 Å². The van der Waals surface area contributed by atoms with E-state index >= 15 is 4.79 Å². The quantitative estimate of drug-likeness (QED) is 0.0763. The molecule has 6 atom stereocenters. The van der Waals surface area contributed by atoms with Gasteiger partial charge >= 0.3 is 12.2 Å². The molecule has 0 bridgehead atoms. The van der Waals surface area contributed by atoms with E-state index in [0.717, 1.165) is 124 Å². The number of rotatable bonds is 17. The minimum absolute atomic E-state index is 0.00257. The number of ketones is 1. The van der Waals surface area contributed by atoms with E-state index in [4.69, 9.17) is 14.2 Å². The van der Waals surface area contributed by atoms with Crippen molar-refractivity contribution >= 4 is 45.7 Å². The summed E-state index contributed by atoms with van der Waals surface area (Å²) in [4.78, 5) is 62.3. The first-order chi connectivity index (χ1) is 33.1. The minimum atomic E-state index is -0.681. The van der Waals surface area contributed by atoms with Gasteiger partial charge in [-0.15, -0.1) is 0 Å². The van der Waals surface area contributed by atoms with Crippen molar-refractivity contribution < 1.29 is 33.4 Å². The van der Waals surface area contributed by atoms with E-state index < -0.39 is 41.4 Å². The molecule has 4 fully saturated rings. The SMILES string of the molecule is CC(C)(C)OC(=O)NC(C(=O)C(c1cn(CCOCCC(c2c[nH]c3ccccc23)C2CCCN2C(=O)C(NC(=O)OC(C)(C)C)C2CCCCC2)c2ccccc12)C1CCCN1)C1CCCCC1. The fraction of sp³-hybridized carbons (Fsp3) is 0.643. The molecular weight excluding hydrogens is 869 g/mol. The summed E-state index contributed by atoms with van der Waals surface area (Å²) in [7, 11) is 0. The molecule has 0 radical (unpaired) electrons. The summed E-state index contributed by atoms with van der Waals surface area (Å²) >= 11 is 0. The maximum absolute atomic E-state index is 15.2. The Bertz CT molecular complexity index is 2360. The molecule has 2 aliphatic carbocycles. The van der Waals surface area contributed by atoms with E-state index in [1.54, 1.807) is 0 Å². The Morgan fingerprint density at radius 1 is 0.696 bits per heavy atom. The molecule has 69 heavy (non-hydrogen) atoms. The third-order valence-corrected chi connectivity index (χ3v) is 15.2. The number of H-pyrrole nitrogens is 1. The second-order valence-corrected chi connectivity index (χ2v) is 22.5. The van der Waals surface area contributed by atoms with Gasteiger partial charge in [-0.1, -0.05) is 74.9 Å². The maximum atomic E-state index is 15.2. The van der Waals surface area contributed by atoms with Gasteiger partial charge in [-0.05, 0) is 141 Å². The van der Waals surface area contributed by atoms with Gasteiger partial charge in [0.05, 0.1) is 18.6 Å². The van der Waals surface area contributed by atoms with Gasteiger partial charge in [0.1, 0.15) is 17.2 Å². The summed E-state index contributed by atoms with van der Waals surface area (Å²) in [6.07, 6.45) is 17.6. The second kappa shape index (κ2) is 22.5. The molecule has 4 N–H and O–H groups in total. The zero-order valence-corrected chi connectivity index (χ0v) is 42.3. The van der Waals surface area contributed by atoms with Gasteiger partial charge in [0.15, 0.2) is 5.78 Å². The van der Waals surface area contributed by atoms with E-state index in [1.165, 1.54) is 5.56 Å². The number of hydrogen-bond donors (Lipinski definition) is 4. The Balaban J connectivity index is 1.01. The lowest BCUT2D eigenvalue weighted by atomic mass is 9.76. The van der Waals surface area contributed by atoms with Crippen LogP contribution in [-0.2, 0) is 30.3 Å². The lowest BCUT2D eigenvalue weighted by Gasteiger charge is -2.37. The predicted octanol–water partition coefficient (Wildman–Crippen LogP) is 10.7. The number of fused-ring (bicyclic) bond motifs is 2. The highest BCUT2D eigenvalue weighted by atomic mass is 16.6. The van der Waals surface area contributed by atoms with E-state index in [2.05, 4.69) is 73.1 Å². The number of carbonyl (C=O) groups excluding carboxylic acids is 4. The van der Waals surface area contributed by atoms with Crippen LogP contribution in [0, 0.1) is 11.8 Å². The van der Waals surface area contributed by atoms with Gasteiger partial charge in [0.25, 0.3) is 0 Å². The Labute approximate surface area is 409 Å². The Kier molecular flexibility index (Phi) is 16.4. The number of aromatic amines is 1. The topological polar surface area (TPSA) is 156 Å². The zero-order chi connectivity index (χ0) is 48.7. The number of nitrogens with one attached hydrogen (secondary N) is 4. The largest absolute Gasteiger partial charge is 0.444 e. The van der Waals surface area contributed by atoms with E-state index in [1.807, 2.05) is 59.7 Å². The summed E-state index contributed by atoms with van der Waals surface area (Å²) < 4.78 is 20.3. The normalized spacial score (nSPS) is 21.5. The van der Waals surface area contributed by atoms with Crippen LogP contribution in [0.3, 0.4) is 0 Å². The molecule has 2 saturated carbocycles. The van der Waals surface area contributed by atoms with Gasteiger partial charge in [0, 0.05) is 71.9 Å². The predicted molar refractivity (Wildman–Crippen MR) is 271 cm³/mol. The average Bonchev–Trinajstić information content (AvgIpc) is 4.16. The average molecular weight is 949 g/mol. The van der Waals surface area contributed by atoms with Crippen LogP contribution in [0.5, 0.6) is 0 Å². The molecule has 13 nitrogen and oxygen atoms in total. The van der Waals surface area contributed by atoms with Gasteiger partial charge < -0.3 is 44.6 Å². The Morgan fingerprint density at radius 3 is 1.97 bits per heavy atom. The van der Waals surface area contributed by atoms with Crippen molar-refractivity contribution in [2.45, 2.75) is 192 Å². The molecule has 4 aromatic rings. The maximum Gasteiger partial charge on any atom is 0.408 e. The number of amides is 3. The molecule has 4 aliphatic rings. The van der Waals surface area contributed by atoms with Crippen molar-refractivity contribution in [1.29, 1.82) is 0 Å². The van der Waals surface area contributed by atoms with Crippen LogP contribution in [0.25, 0.3) is 21.8 Å². The number of Topliss-reactive ketones (excluding diaryl/α,β-unsaturated/α-hetero) is 1. The van der Waals surface area contributed by atoms with Crippen molar-refractivity contribution in [2.24, 2.45) is 11.8 Å². The van der Waals surface area contributed by atoms with Gasteiger partial charge in [0.2, 0.25) is 5.91 Å². The number of nitrogens with zero attached hydrogens (tertiary/aromatic N) is 2. The number of aromatic nitrogens is 2. The molecule has 376 valence electrons. The second-order valence-electron chi connectivity index (χ2n) is 22.5. The van der Waals surface area contributed by atoms with Crippen LogP contribution in [0.1, 0.15) is 161 Å². The van der Waals surface area contributed by atoms with Crippen LogP contribution in [0.4, 0.5) is 9.59 Å². The van der Waals surface area contributed by atoms with Gasteiger partial charge in [-0.25, -0.2) is 9.59 Å². The Morgan fingerprint density at radius 2 is 1.32 bits per heavy atom. The highest BCUT2D eigenvalue weighted by molar-refractivity contribution is 5.98. The lowest BCUT2D eigenvalue weighted by Crippen LogP contribution is -2.55. The number of likely N-dealkylation sites (tertiary alicyclic amines) is 1. The number of ether oxygens (including phenoxy) is 3. The third-order valence-electron chi connectivity index (χ3n) is 15.2. The molecule has 3 amide bonds. The molecule has 13 heteroatoms. The van der Waals surface area contributed by atoms with Crippen molar-refractivity contribution in [3.05, 3.63) is 72.1 Å². The van der Waals surface area contributed by atoms with Crippen molar-refractivity contribution in [1.82, 2.24) is 30.4 Å². The number of benzene rings is 2. The first-order valence-electron chi connectivity index (χ1n) is 26.4. The van der Waals surface area contributed by atoms with Gasteiger partial charge in [-0.3, -0.25) is 9.59 Å². The zero-order valence-electron chi connectivity index (χ0n) is 42.3. The van der Waals surface area contributed by atoms with Crippen LogP contribution in [0.2, 0.25) is 0 Å². The molecule has 8 rings (SSSR count).